The van der Waals surface area contributed by atoms with Gasteiger partial charge in [-0.1, -0.05) is 6.07 Å². The molecule has 0 bridgehead atoms. The number of phenols is 1. The molecule has 5 N–H and O–H groups in total. The molecule has 0 spiro atoms. The van der Waals surface area contributed by atoms with E-state index in [0.717, 1.165) is 22.8 Å². The quantitative estimate of drug-likeness (QED) is 0.310. The largest absolute Gasteiger partial charge is 0.508 e. The Morgan fingerprint density at radius 2 is 2.00 bits per heavy atom. The Morgan fingerprint density at radius 3 is 2.81 bits per heavy atom. The summed E-state index contributed by atoms with van der Waals surface area (Å²) < 4.78 is 14.2. The van der Waals surface area contributed by atoms with Crippen molar-refractivity contribution in [3.05, 3.63) is 60.2 Å². The average molecular weight is 421 g/mol. The van der Waals surface area contributed by atoms with Crippen molar-refractivity contribution in [3.8, 4) is 5.75 Å². The van der Waals surface area contributed by atoms with Gasteiger partial charge >= 0.3 is 0 Å². The van der Waals surface area contributed by atoms with E-state index < -0.39 is 5.82 Å². The van der Waals surface area contributed by atoms with Crippen LogP contribution in [0.25, 0.3) is 10.9 Å². The molecule has 0 fully saturated rings. The standard InChI is InChI=1S/C21H20FN7O2/c1-23-19(31)8-7-18-15-10-13(5-6-17(15)28-29-18)26-21-24-11-16(22)20(27-21)25-12-3-2-4-14(30)9-12/h2-6,9-11,30H,7-8H2,1H3,(H,23,31)(H,28,29)(H2,24,25,26,27). The van der Waals surface area contributed by atoms with Gasteiger partial charge in [0, 0.05) is 42.0 Å². The Balaban J connectivity index is 1.55. The molecule has 0 aliphatic heterocycles. The van der Waals surface area contributed by atoms with E-state index >= 15 is 0 Å². The molecule has 158 valence electrons. The molecule has 2 aromatic heterocycles. The first kappa shape index (κ1) is 20.1. The van der Waals surface area contributed by atoms with Crippen LogP contribution in [0, 0.1) is 5.82 Å². The molecule has 0 aliphatic carbocycles. The van der Waals surface area contributed by atoms with Gasteiger partial charge in [-0.3, -0.25) is 9.89 Å². The topological polar surface area (TPSA) is 128 Å². The van der Waals surface area contributed by atoms with Crippen molar-refractivity contribution in [1.82, 2.24) is 25.5 Å². The van der Waals surface area contributed by atoms with Gasteiger partial charge in [0.05, 0.1) is 11.7 Å². The molecule has 1 amide bonds. The van der Waals surface area contributed by atoms with Gasteiger partial charge in [-0.25, -0.2) is 9.37 Å². The number of carbonyl (C=O) groups is 1. The second kappa shape index (κ2) is 8.66. The van der Waals surface area contributed by atoms with Crippen LogP contribution < -0.4 is 16.0 Å². The number of hydrogen-bond donors (Lipinski definition) is 5. The predicted octanol–water partition coefficient (Wildman–Crippen LogP) is 3.36. The zero-order valence-corrected chi connectivity index (χ0v) is 16.6. The third-order valence-electron chi connectivity index (χ3n) is 4.62. The number of aryl methyl sites for hydroxylation is 1. The van der Waals surface area contributed by atoms with Gasteiger partial charge in [0.15, 0.2) is 11.6 Å². The molecular weight excluding hydrogens is 401 g/mol. The number of hydrogen-bond acceptors (Lipinski definition) is 7. The fourth-order valence-corrected chi connectivity index (χ4v) is 3.06. The van der Waals surface area contributed by atoms with E-state index in [1.165, 1.54) is 12.1 Å². The van der Waals surface area contributed by atoms with Gasteiger partial charge in [-0.15, -0.1) is 0 Å². The third-order valence-corrected chi connectivity index (χ3v) is 4.62. The lowest BCUT2D eigenvalue weighted by atomic mass is 10.1. The van der Waals surface area contributed by atoms with Crippen LogP contribution in [0.2, 0.25) is 0 Å². The van der Waals surface area contributed by atoms with Crippen LogP contribution in [0.5, 0.6) is 5.75 Å². The molecule has 10 heteroatoms. The second-order valence-electron chi connectivity index (χ2n) is 6.80. The smallest absolute Gasteiger partial charge is 0.229 e. The van der Waals surface area contributed by atoms with Crippen molar-refractivity contribution in [2.45, 2.75) is 12.8 Å². The molecule has 0 saturated heterocycles. The molecule has 0 atom stereocenters. The van der Waals surface area contributed by atoms with E-state index in [1.807, 2.05) is 12.1 Å². The van der Waals surface area contributed by atoms with Gasteiger partial charge in [0.1, 0.15) is 5.75 Å². The van der Waals surface area contributed by atoms with E-state index in [0.29, 0.717) is 24.2 Å². The van der Waals surface area contributed by atoms with Crippen molar-refractivity contribution < 1.29 is 14.3 Å². The van der Waals surface area contributed by atoms with Crippen molar-refractivity contribution in [3.63, 3.8) is 0 Å². The van der Waals surface area contributed by atoms with Crippen LogP contribution in [0.1, 0.15) is 12.1 Å². The zero-order chi connectivity index (χ0) is 21.8. The summed E-state index contributed by atoms with van der Waals surface area (Å²) >= 11 is 0. The molecule has 2 aromatic carbocycles. The number of nitrogens with zero attached hydrogens (tertiary/aromatic N) is 3. The molecule has 9 nitrogen and oxygen atoms in total. The number of H-pyrrole nitrogens is 1. The lowest BCUT2D eigenvalue weighted by Gasteiger charge is -2.10. The van der Waals surface area contributed by atoms with E-state index in [2.05, 4.69) is 36.1 Å². The molecule has 31 heavy (non-hydrogen) atoms. The molecule has 0 aliphatic rings. The number of phenolic OH excluding ortho intramolecular Hbond substituents is 1. The van der Waals surface area contributed by atoms with Gasteiger partial charge < -0.3 is 21.1 Å². The normalized spacial score (nSPS) is 10.8. The summed E-state index contributed by atoms with van der Waals surface area (Å²) in [5.41, 5.74) is 2.78. The second-order valence-corrected chi connectivity index (χ2v) is 6.80. The minimum atomic E-state index is -0.629. The number of aromatic nitrogens is 4. The minimum absolute atomic E-state index is 0.0289. The lowest BCUT2D eigenvalue weighted by molar-refractivity contribution is -0.120. The molecule has 0 saturated carbocycles. The summed E-state index contributed by atoms with van der Waals surface area (Å²) in [6.07, 6.45) is 1.92. The Morgan fingerprint density at radius 1 is 1.16 bits per heavy atom. The van der Waals surface area contributed by atoms with Crippen LogP contribution in [0.15, 0.2) is 48.7 Å². The molecule has 0 unspecified atom stereocenters. The molecule has 4 aromatic rings. The number of benzene rings is 2. The summed E-state index contributed by atoms with van der Waals surface area (Å²) in [4.78, 5) is 19.7. The van der Waals surface area contributed by atoms with Crippen molar-refractivity contribution in [1.29, 1.82) is 0 Å². The number of aromatic amines is 1. The maximum Gasteiger partial charge on any atom is 0.229 e. The first-order valence-electron chi connectivity index (χ1n) is 9.55. The first-order valence-corrected chi connectivity index (χ1v) is 9.55. The summed E-state index contributed by atoms with van der Waals surface area (Å²) in [6.45, 7) is 0. The van der Waals surface area contributed by atoms with Crippen LogP contribution in [0.3, 0.4) is 0 Å². The highest BCUT2D eigenvalue weighted by Gasteiger charge is 2.11. The fraction of sp³-hybridized carbons (Fsp3) is 0.143. The van der Waals surface area contributed by atoms with Crippen LogP contribution in [0.4, 0.5) is 27.5 Å². The van der Waals surface area contributed by atoms with Gasteiger partial charge in [-0.05, 0) is 36.8 Å². The number of rotatable bonds is 7. The Hall–Kier alpha value is -4.21. The van der Waals surface area contributed by atoms with Gasteiger partial charge in [0.2, 0.25) is 11.9 Å². The Bertz CT molecular complexity index is 1240. The van der Waals surface area contributed by atoms with Crippen LogP contribution in [-0.4, -0.2) is 38.2 Å². The summed E-state index contributed by atoms with van der Waals surface area (Å²) in [6, 6.07) is 11.8. The number of nitrogens with one attached hydrogen (secondary N) is 4. The van der Waals surface area contributed by atoms with Crippen molar-refractivity contribution >= 4 is 40.0 Å². The Kier molecular flexibility index (Phi) is 5.61. The molecule has 2 heterocycles. The number of aromatic hydroxyl groups is 1. The number of amides is 1. The van der Waals surface area contributed by atoms with Crippen LogP contribution >= 0.6 is 0 Å². The van der Waals surface area contributed by atoms with Crippen molar-refractivity contribution in [2.75, 3.05) is 17.7 Å². The van der Waals surface area contributed by atoms with Gasteiger partial charge in [0.25, 0.3) is 0 Å². The highest BCUT2D eigenvalue weighted by molar-refractivity contribution is 5.86. The highest BCUT2D eigenvalue weighted by atomic mass is 19.1. The Labute approximate surface area is 176 Å². The fourth-order valence-electron chi connectivity index (χ4n) is 3.06. The summed E-state index contributed by atoms with van der Waals surface area (Å²) in [5.74, 6) is -0.463. The van der Waals surface area contributed by atoms with E-state index in [1.54, 1.807) is 25.2 Å². The number of halogens is 1. The monoisotopic (exact) mass is 421 g/mol. The van der Waals surface area contributed by atoms with E-state index in [9.17, 15) is 14.3 Å². The predicted molar refractivity (Wildman–Crippen MR) is 115 cm³/mol. The maximum absolute atomic E-state index is 14.2. The average Bonchev–Trinajstić information content (AvgIpc) is 3.16. The van der Waals surface area contributed by atoms with Gasteiger partial charge in [-0.2, -0.15) is 10.1 Å². The molecular formula is C21H20FN7O2. The lowest BCUT2D eigenvalue weighted by Crippen LogP contribution is -2.18. The number of carbonyl (C=O) groups excluding carboxylic acids is 1. The number of anilines is 4. The third kappa shape index (κ3) is 4.69. The van der Waals surface area contributed by atoms with Crippen LogP contribution in [-0.2, 0) is 11.2 Å². The molecule has 0 radical (unpaired) electrons. The first-order chi connectivity index (χ1) is 15.0. The maximum atomic E-state index is 14.2. The van der Waals surface area contributed by atoms with E-state index in [-0.39, 0.29) is 23.4 Å². The summed E-state index contributed by atoms with van der Waals surface area (Å²) in [7, 11) is 1.60. The zero-order valence-electron chi connectivity index (χ0n) is 16.6. The SMILES string of the molecule is CNC(=O)CCc1[nH]nc2ccc(Nc3ncc(F)c(Nc4cccc(O)c4)n3)cc12. The summed E-state index contributed by atoms with van der Waals surface area (Å²) in [5, 5.41) is 26.1. The molecule has 4 rings (SSSR count). The highest BCUT2D eigenvalue weighted by Crippen LogP contribution is 2.25. The number of fused-ring (bicyclic) bond motifs is 1. The minimum Gasteiger partial charge on any atom is -0.508 e. The van der Waals surface area contributed by atoms with Crippen molar-refractivity contribution in [2.24, 2.45) is 0 Å². The van der Waals surface area contributed by atoms with E-state index in [4.69, 9.17) is 0 Å².